The minimum Gasteiger partial charge on any atom is -0.389 e. The van der Waals surface area contributed by atoms with Crippen LogP contribution in [0.5, 0.6) is 0 Å². The molecule has 1 aromatic heterocycles. The summed E-state index contributed by atoms with van der Waals surface area (Å²) in [5, 5.41) is 15.9. The molecular formula is C14H23ClN2O. The second-order valence-corrected chi connectivity index (χ2v) is 6.17. The Morgan fingerprint density at radius 2 is 2.28 bits per heavy atom. The van der Waals surface area contributed by atoms with Crippen LogP contribution in [-0.2, 0) is 19.9 Å². The van der Waals surface area contributed by atoms with Gasteiger partial charge in [0.15, 0.2) is 0 Å². The van der Waals surface area contributed by atoms with Crippen molar-refractivity contribution in [1.82, 2.24) is 9.78 Å². The van der Waals surface area contributed by atoms with Crippen LogP contribution in [0.1, 0.15) is 50.9 Å². The molecule has 1 aromatic rings. The van der Waals surface area contributed by atoms with Crippen molar-refractivity contribution in [3.63, 3.8) is 0 Å². The molecule has 3 nitrogen and oxygen atoms in total. The van der Waals surface area contributed by atoms with E-state index in [2.05, 4.69) is 18.9 Å². The first-order valence-corrected chi connectivity index (χ1v) is 7.25. The largest absolute Gasteiger partial charge is 0.389 e. The van der Waals surface area contributed by atoms with E-state index in [1.807, 2.05) is 11.7 Å². The van der Waals surface area contributed by atoms with Gasteiger partial charge >= 0.3 is 0 Å². The number of hydrogen-bond acceptors (Lipinski definition) is 2. The molecule has 1 aliphatic rings. The molecule has 1 fully saturated rings. The van der Waals surface area contributed by atoms with Gasteiger partial charge in [-0.1, -0.05) is 38.3 Å². The number of aryl methyl sites for hydroxylation is 2. The topological polar surface area (TPSA) is 38.0 Å². The van der Waals surface area contributed by atoms with Crippen LogP contribution in [0.15, 0.2) is 0 Å². The standard InChI is InChI=1S/C14H23ClN2O/c1-4-11-13(15)12(17(3)16-11)9-14(18)7-5-6-10(2)8-14/h10,18H,4-9H2,1-3H3. The Hall–Kier alpha value is -0.540. The Labute approximate surface area is 114 Å². The Kier molecular flexibility index (Phi) is 4.02. The lowest BCUT2D eigenvalue weighted by atomic mass is 9.76. The summed E-state index contributed by atoms with van der Waals surface area (Å²) in [7, 11) is 1.91. The summed E-state index contributed by atoms with van der Waals surface area (Å²) < 4.78 is 1.83. The van der Waals surface area contributed by atoms with Crippen LogP contribution in [0, 0.1) is 5.92 Å². The molecule has 1 heterocycles. The van der Waals surface area contributed by atoms with Gasteiger partial charge in [-0.3, -0.25) is 4.68 Å². The maximum atomic E-state index is 10.7. The van der Waals surface area contributed by atoms with Crippen molar-refractivity contribution >= 4 is 11.6 Å². The van der Waals surface area contributed by atoms with E-state index in [9.17, 15) is 5.11 Å². The van der Waals surface area contributed by atoms with Gasteiger partial charge in [-0.25, -0.2) is 0 Å². The SMILES string of the molecule is CCc1nn(C)c(CC2(O)CCCC(C)C2)c1Cl. The highest BCUT2D eigenvalue weighted by molar-refractivity contribution is 6.31. The van der Waals surface area contributed by atoms with Gasteiger partial charge in [0, 0.05) is 13.5 Å². The first-order valence-electron chi connectivity index (χ1n) is 6.88. The monoisotopic (exact) mass is 270 g/mol. The highest BCUT2D eigenvalue weighted by atomic mass is 35.5. The quantitative estimate of drug-likeness (QED) is 0.916. The summed E-state index contributed by atoms with van der Waals surface area (Å²) >= 11 is 6.35. The van der Waals surface area contributed by atoms with Gasteiger partial charge in [0.2, 0.25) is 0 Å². The maximum Gasteiger partial charge on any atom is 0.0850 e. The molecule has 18 heavy (non-hydrogen) atoms. The van der Waals surface area contributed by atoms with Crippen molar-refractivity contribution in [2.75, 3.05) is 0 Å². The molecule has 102 valence electrons. The normalized spacial score (nSPS) is 28.6. The van der Waals surface area contributed by atoms with E-state index in [0.717, 1.165) is 42.1 Å². The van der Waals surface area contributed by atoms with E-state index < -0.39 is 5.60 Å². The van der Waals surface area contributed by atoms with Crippen LogP contribution in [0.3, 0.4) is 0 Å². The van der Waals surface area contributed by atoms with Gasteiger partial charge in [0.1, 0.15) is 0 Å². The van der Waals surface area contributed by atoms with Gasteiger partial charge in [-0.15, -0.1) is 0 Å². The fourth-order valence-corrected chi connectivity index (χ4v) is 3.48. The molecule has 2 unspecified atom stereocenters. The van der Waals surface area contributed by atoms with Crippen molar-refractivity contribution in [3.8, 4) is 0 Å². The first-order chi connectivity index (χ1) is 8.45. The van der Waals surface area contributed by atoms with Gasteiger partial charge in [0.25, 0.3) is 0 Å². The Morgan fingerprint density at radius 1 is 1.56 bits per heavy atom. The molecule has 4 heteroatoms. The minimum absolute atomic E-state index is 0.597. The van der Waals surface area contributed by atoms with E-state index in [4.69, 9.17) is 11.6 Å². The average molecular weight is 271 g/mol. The van der Waals surface area contributed by atoms with Crippen molar-refractivity contribution in [2.24, 2.45) is 13.0 Å². The highest BCUT2D eigenvalue weighted by Gasteiger charge is 2.34. The fourth-order valence-electron chi connectivity index (χ4n) is 3.12. The smallest absolute Gasteiger partial charge is 0.0850 e. The first kappa shape index (κ1) is 13.9. The van der Waals surface area contributed by atoms with E-state index in [-0.39, 0.29) is 0 Å². The molecule has 1 N–H and O–H groups in total. The molecule has 0 aromatic carbocycles. The van der Waals surface area contributed by atoms with Gasteiger partial charge in [0.05, 0.1) is 22.0 Å². The summed E-state index contributed by atoms with van der Waals surface area (Å²) in [5.74, 6) is 0.599. The molecule has 1 aliphatic carbocycles. The Bertz CT molecular complexity index is 430. The lowest BCUT2D eigenvalue weighted by Gasteiger charge is -2.35. The molecule has 0 saturated heterocycles. The zero-order valence-corrected chi connectivity index (χ0v) is 12.3. The van der Waals surface area contributed by atoms with Crippen molar-refractivity contribution < 1.29 is 5.11 Å². The van der Waals surface area contributed by atoms with Crippen molar-refractivity contribution in [2.45, 2.75) is 58.0 Å². The zero-order valence-electron chi connectivity index (χ0n) is 11.5. The summed E-state index contributed by atoms with van der Waals surface area (Å²) in [6, 6.07) is 0. The van der Waals surface area contributed by atoms with E-state index >= 15 is 0 Å². The molecule has 0 amide bonds. The Balaban J connectivity index is 2.20. The molecule has 2 atom stereocenters. The van der Waals surface area contributed by atoms with Crippen molar-refractivity contribution in [3.05, 3.63) is 16.4 Å². The van der Waals surface area contributed by atoms with Crippen LogP contribution in [0.4, 0.5) is 0 Å². The van der Waals surface area contributed by atoms with E-state index in [0.29, 0.717) is 12.3 Å². The Morgan fingerprint density at radius 3 is 2.83 bits per heavy atom. The van der Waals surface area contributed by atoms with Gasteiger partial charge in [-0.2, -0.15) is 5.10 Å². The minimum atomic E-state index is -0.597. The lowest BCUT2D eigenvalue weighted by Crippen LogP contribution is -2.37. The third-order valence-corrected chi connectivity index (χ3v) is 4.50. The average Bonchev–Trinajstić information content (AvgIpc) is 2.56. The molecule has 0 spiro atoms. The van der Waals surface area contributed by atoms with Crippen LogP contribution in [0.2, 0.25) is 5.02 Å². The number of hydrogen-bond donors (Lipinski definition) is 1. The van der Waals surface area contributed by atoms with Crippen molar-refractivity contribution in [1.29, 1.82) is 0 Å². The molecule has 1 saturated carbocycles. The molecule has 0 aliphatic heterocycles. The van der Waals surface area contributed by atoms with Crippen LogP contribution in [-0.4, -0.2) is 20.5 Å². The molecule has 0 bridgehead atoms. The predicted octanol–water partition coefficient (Wildman–Crippen LogP) is 3.12. The van der Waals surface area contributed by atoms with Crippen LogP contribution in [0.25, 0.3) is 0 Å². The predicted molar refractivity (Wildman–Crippen MR) is 73.9 cm³/mol. The third-order valence-electron chi connectivity index (χ3n) is 4.07. The molecule has 0 radical (unpaired) electrons. The lowest BCUT2D eigenvalue weighted by molar-refractivity contribution is -0.0137. The number of aromatic nitrogens is 2. The van der Waals surface area contributed by atoms with Crippen LogP contribution >= 0.6 is 11.6 Å². The summed E-state index contributed by atoms with van der Waals surface area (Å²) in [5.41, 5.74) is 1.31. The zero-order chi connectivity index (χ0) is 13.3. The molecule has 2 rings (SSSR count). The number of rotatable bonds is 3. The van der Waals surface area contributed by atoms with E-state index in [1.54, 1.807) is 0 Å². The third kappa shape index (κ3) is 2.72. The fraction of sp³-hybridized carbons (Fsp3) is 0.786. The second kappa shape index (κ2) is 5.22. The second-order valence-electron chi connectivity index (χ2n) is 5.79. The van der Waals surface area contributed by atoms with Gasteiger partial charge in [-0.05, 0) is 25.2 Å². The van der Waals surface area contributed by atoms with E-state index in [1.165, 1.54) is 6.42 Å². The maximum absolute atomic E-state index is 10.7. The van der Waals surface area contributed by atoms with Crippen LogP contribution < -0.4 is 0 Å². The summed E-state index contributed by atoms with van der Waals surface area (Å²) in [4.78, 5) is 0. The number of nitrogens with zero attached hydrogens (tertiary/aromatic N) is 2. The summed E-state index contributed by atoms with van der Waals surface area (Å²) in [6.45, 7) is 4.27. The number of aliphatic hydroxyl groups is 1. The number of halogens is 1. The van der Waals surface area contributed by atoms with Gasteiger partial charge < -0.3 is 5.11 Å². The molecular weight excluding hydrogens is 248 g/mol. The highest BCUT2D eigenvalue weighted by Crippen LogP contribution is 2.36. The summed E-state index contributed by atoms with van der Waals surface area (Å²) in [6.07, 6.45) is 5.53.